The van der Waals surface area contributed by atoms with Crippen LogP contribution in [0, 0.1) is 5.41 Å². The van der Waals surface area contributed by atoms with Crippen molar-refractivity contribution >= 4 is 24.1 Å². The molecule has 11 nitrogen and oxygen atoms in total. The molecule has 1 aliphatic carbocycles. The van der Waals surface area contributed by atoms with Gasteiger partial charge in [0.2, 0.25) is 5.95 Å². The van der Waals surface area contributed by atoms with E-state index in [-0.39, 0.29) is 5.92 Å². The highest BCUT2D eigenvalue weighted by atomic mass is 16.5. The number of hydrogen-bond acceptors (Lipinski definition) is 9. The average molecular weight is 539 g/mol. The van der Waals surface area contributed by atoms with E-state index < -0.39 is 0 Å². The van der Waals surface area contributed by atoms with E-state index in [0.29, 0.717) is 5.95 Å². The van der Waals surface area contributed by atoms with E-state index in [1.165, 1.54) is 6.21 Å². The molecule has 0 spiro atoms. The van der Waals surface area contributed by atoms with E-state index in [9.17, 15) is 0 Å². The van der Waals surface area contributed by atoms with Crippen molar-refractivity contribution in [3.63, 3.8) is 0 Å². The third-order valence-corrected chi connectivity index (χ3v) is 7.55. The van der Waals surface area contributed by atoms with Crippen LogP contribution in [0.15, 0.2) is 47.8 Å². The third kappa shape index (κ3) is 5.30. The first kappa shape index (κ1) is 26.0. The van der Waals surface area contributed by atoms with E-state index in [0.717, 1.165) is 97.3 Å². The van der Waals surface area contributed by atoms with E-state index in [4.69, 9.17) is 20.2 Å². The van der Waals surface area contributed by atoms with E-state index >= 15 is 0 Å². The van der Waals surface area contributed by atoms with Gasteiger partial charge in [-0.3, -0.25) is 19.3 Å². The van der Waals surface area contributed by atoms with Gasteiger partial charge in [0.25, 0.3) is 0 Å². The second-order valence-electron chi connectivity index (χ2n) is 10.2. The predicted molar refractivity (Wildman–Crippen MR) is 156 cm³/mol. The normalized spacial score (nSPS) is 16.1. The maximum atomic E-state index is 7.74. The SMILES string of the molecule is CN=CC(C=N)c1ccc(-c2c3c(nn2C)CCc2cnc(Nc4cnn(CCN5CCOCC5)c4)nc2-3)cc1. The van der Waals surface area contributed by atoms with Gasteiger partial charge in [0.05, 0.1) is 54.6 Å². The minimum atomic E-state index is -0.134. The highest BCUT2D eigenvalue weighted by molar-refractivity contribution is 5.89. The lowest BCUT2D eigenvalue weighted by Gasteiger charge is -2.26. The van der Waals surface area contributed by atoms with Gasteiger partial charge in [-0.1, -0.05) is 24.3 Å². The summed E-state index contributed by atoms with van der Waals surface area (Å²) in [6.45, 7) is 5.30. The lowest BCUT2D eigenvalue weighted by atomic mass is 9.91. The Bertz CT molecular complexity index is 1510. The van der Waals surface area contributed by atoms with Crippen LogP contribution in [0.3, 0.4) is 0 Å². The molecule has 0 bridgehead atoms. The molecule has 1 atom stereocenters. The Morgan fingerprint density at radius 3 is 2.73 bits per heavy atom. The number of aryl methyl sites for hydroxylation is 3. The molecule has 0 radical (unpaired) electrons. The number of rotatable bonds is 9. The van der Waals surface area contributed by atoms with E-state index in [2.05, 4.69) is 49.6 Å². The topological polar surface area (TPSA) is 122 Å². The number of nitrogens with one attached hydrogen (secondary N) is 2. The van der Waals surface area contributed by atoms with Gasteiger partial charge in [0, 0.05) is 69.7 Å². The second-order valence-corrected chi connectivity index (χ2v) is 10.2. The molecule has 4 aromatic rings. The Labute approximate surface area is 233 Å². The van der Waals surface area contributed by atoms with Gasteiger partial charge in [-0.05, 0) is 24.0 Å². The van der Waals surface area contributed by atoms with Gasteiger partial charge in [-0.25, -0.2) is 9.97 Å². The molecule has 0 amide bonds. The Balaban J connectivity index is 1.24. The Morgan fingerprint density at radius 2 is 1.95 bits per heavy atom. The van der Waals surface area contributed by atoms with Crippen molar-refractivity contribution in [1.82, 2.24) is 34.4 Å². The minimum Gasteiger partial charge on any atom is -0.379 e. The van der Waals surface area contributed by atoms with Crippen molar-refractivity contribution in [2.75, 3.05) is 45.2 Å². The fourth-order valence-corrected chi connectivity index (χ4v) is 5.45. The van der Waals surface area contributed by atoms with Crippen molar-refractivity contribution in [3.05, 3.63) is 59.7 Å². The van der Waals surface area contributed by atoms with Crippen LogP contribution in [-0.2, 0) is 31.2 Å². The van der Waals surface area contributed by atoms with Crippen molar-refractivity contribution in [3.8, 4) is 22.5 Å². The predicted octanol–water partition coefficient (Wildman–Crippen LogP) is 3.35. The number of hydrogen-bond donors (Lipinski definition) is 2. The zero-order valence-corrected chi connectivity index (χ0v) is 22.9. The zero-order valence-electron chi connectivity index (χ0n) is 22.9. The summed E-state index contributed by atoms with van der Waals surface area (Å²) in [7, 11) is 3.71. The van der Waals surface area contributed by atoms with E-state index in [1.807, 2.05) is 35.0 Å². The van der Waals surface area contributed by atoms with Crippen LogP contribution in [0.1, 0.15) is 22.7 Å². The minimum absolute atomic E-state index is 0.134. The number of aromatic nitrogens is 6. The van der Waals surface area contributed by atoms with Crippen molar-refractivity contribution < 1.29 is 4.74 Å². The molecule has 1 saturated heterocycles. The summed E-state index contributed by atoms with van der Waals surface area (Å²) in [5.74, 6) is 0.405. The lowest BCUT2D eigenvalue weighted by molar-refractivity contribution is 0.0360. The molecule has 1 fully saturated rings. The largest absolute Gasteiger partial charge is 0.379 e. The number of benzene rings is 1. The van der Waals surface area contributed by atoms with Crippen LogP contribution in [0.4, 0.5) is 11.6 Å². The number of morpholine rings is 1. The van der Waals surface area contributed by atoms with Crippen LogP contribution in [-0.4, -0.2) is 86.8 Å². The number of aliphatic imine (C=N–C) groups is 1. The Morgan fingerprint density at radius 1 is 1.12 bits per heavy atom. The molecule has 2 N–H and O–H groups in total. The van der Waals surface area contributed by atoms with Gasteiger partial charge in [0.1, 0.15) is 0 Å². The van der Waals surface area contributed by atoms with Crippen molar-refractivity contribution in [2.45, 2.75) is 25.3 Å². The lowest BCUT2D eigenvalue weighted by Crippen LogP contribution is -2.38. The molecular weight excluding hydrogens is 504 g/mol. The number of ether oxygens (including phenoxy) is 1. The highest BCUT2D eigenvalue weighted by Gasteiger charge is 2.27. The number of anilines is 2. The monoisotopic (exact) mass is 538 g/mol. The molecule has 206 valence electrons. The molecule has 40 heavy (non-hydrogen) atoms. The van der Waals surface area contributed by atoms with Crippen LogP contribution in [0.5, 0.6) is 0 Å². The van der Waals surface area contributed by atoms with Crippen LogP contribution < -0.4 is 5.32 Å². The summed E-state index contributed by atoms with van der Waals surface area (Å²) in [6, 6.07) is 8.29. The Kier molecular flexibility index (Phi) is 7.47. The first-order chi connectivity index (χ1) is 19.6. The van der Waals surface area contributed by atoms with E-state index in [1.54, 1.807) is 13.3 Å². The highest BCUT2D eigenvalue weighted by Crippen LogP contribution is 2.39. The van der Waals surface area contributed by atoms with Crippen LogP contribution >= 0.6 is 0 Å². The van der Waals surface area contributed by atoms with Crippen molar-refractivity contribution in [1.29, 1.82) is 5.41 Å². The number of fused-ring (bicyclic) bond motifs is 3. The summed E-state index contributed by atoms with van der Waals surface area (Å²) < 4.78 is 9.34. The van der Waals surface area contributed by atoms with Gasteiger partial charge >= 0.3 is 0 Å². The molecule has 1 unspecified atom stereocenters. The quantitative estimate of drug-likeness (QED) is 0.313. The molecule has 4 heterocycles. The Hall–Kier alpha value is -4.22. The van der Waals surface area contributed by atoms with Crippen LogP contribution in [0.2, 0.25) is 0 Å². The van der Waals surface area contributed by atoms with Gasteiger partial charge in [-0.15, -0.1) is 0 Å². The molecule has 1 aromatic carbocycles. The smallest absolute Gasteiger partial charge is 0.227 e. The average Bonchev–Trinajstić information content (AvgIpc) is 3.58. The molecule has 0 saturated carbocycles. The van der Waals surface area contributed by atoms with Gasteiger partial charge in [0.15, 0.2) is 0 Å². The molecule has 2 aliphatic rings. The summed E-state index contributed by atoms with van der Waals surface area (Å²) in [6.07, 6.45) is 10.6. The summed E-state index contributed by atoms with van der Waals surface area (Å²) in [5, 5.41) is 20.5. The fraction of sp³-hybridized carbons (Fsp3) is 0.379. The third-order valence-electron chi connectivity index (χ3n) is 7.55. The maximum Gasteiger partial charge on any atom is 0.227 e. The summed E-state index contributed by atoms with van der Waals surface area (Å²) in [5.41, 5.74) is 8.11. The van der Waals surface area contributed by atoms with Crippen molar-refractivity contribution in [2.24, 2.45) is 12.0 Å². The van der Waals surface area contributed by atoms with Gasteiger partial charge in [-0.2, -0.15) is 10.2 Å². The zero-order chi connectivity index (χ0) is 27.5. The molecule has 1 aliphatic heterocycles. The molecule has 11 heteroatoms. The molecule has 3 aromatic heterocycles. The second kappa shape index (κ2) is 11.5. The number of nitrogens with zero attached hydrogens (tertiary/aromatic N) is 8. The molecular formula is C29H34N10O. The summed E-state index contributed by atoms with van der Waals surface area (Å²) in [4.78, 5) is 16.1. The maximum absolute atomic E-state index is 7.74. The summed E-state index contributed by atoms with van der Waals surface area (Å²) >= 11 is 0. The molecule has 6 rings (SSSR count). The first-order valence-corrected chi connectivity index (χ1v) is 13.7. The first-order valence-electron chi connectivity index (χ1n) is 13.7. The fourth-order valence-electron chi connectivity index (χ4n) is 5.45. The standard InChI is InChI=1S/C29H34N10O/c1-31-16-23(15-30)20-3-5-21(6-4-20)28-26-25(36-37(28)2)8-7-22-17-32-29(35-27(22)26)34-24-18-33-39(19-24)10-9-38-11-13-40-14-12-38/h3-6,15-19,23,30H,7-14H2,1-2H3,(H,32,34,35). The van der Waals surface area contributed by atoms with Gasteiger partial charge < -0.3 is 15.5 Å². The van der Waals surface area contributed by atoms with Crippen LogP contribution in [0.25, 0.3) is 22.5 Å².